The summed E-state index contributed by atoms with van der Waals surface area (Å²) in [6, 6.07) is 8.28. The molecule has 1 aromatic carbocycles. The molecule has 4 atom stereocenters. The van der Waals surface area contributed by atoms with Gasteiger partial charge in [-0.3, -0.25) is 4.79 Å². The van der Waals surface area contributed by atoms with E-state index >= 15 is 0 Å². The number of hydrogen-bond donors (Lipinski definition) is 1. The highest BCUT2D eigenvalue weighted by molar-refractivity contribution is 9.10. The third kappa shape index (κ3) is 4.47. The molecule has 1 aromatic heterocycles. The summed E-state index contributed by atoms with van der Waals surface area (Å²) in [6.07, 6.45) is 2.98. The summed E-state index contributed by atoms with van der Waals surface area (Å²) in [5, 5.41) is 3.71. The van der Waals surface area contributed by atoms with Crippen molar-refractivity contribution in [2.24, 2.45) is 0 Å². The number of fused-ring (bicyclic) bond motifs is 1. The van der Waals surface area contributed by atoms with Crippen LogP contribution in [0.25, 0.3) is 0 Å². The summed E-state index contributed by atoms with van der Waals surface area (Å²) in [7, 11) is 0. The second-order valence-corrected chi connectivity index (χ2v) is 11.5. The van der Waals surface area contributed by atoms with Crippen molar-refractivity contribution >= 4 is 27.7 Å². The molecule has 0 bridgehead atoms. The van der Waals surface area contributed by atoms with E-state index in [4.69, 9.17) is 0 Å². The van der Waals surface area contributed by atoms with Crippen LogP contribution in [-0.4, -0.2) is 58.5 Å². The van der Waals surface area contributed by atoms with Gasteiger partial charge in [0.15, 0.2) is 0 Å². The Bertz CT molecular complexity index is 1050. The Balaban J connectivity index is 1.33. The number of hydrogen-bond acceptors (Lipinski definition) is 5. The maximum atomic E-state index is 14.4. The molecule has 6 nitrogen and oxygen atoms in total. The molecule has 3 aliphatic rings. The average molecular weight is 530 g/mol. The van der Waals surface area contributed by atoms with Gasteiger partial charge in [0.05, 0.1) is 11.6 Å². The highest BCUT2D eigenvalue weighted by Crippen LogP contribution is 2.44. The smallest absolute Gasteiger partial charge is 0.231 e. The minimum atomic E-state index is -1.01. The monoisotopic (exact) mass is 529 g/mol. The molecule has 2 fully saturated rings. The quantitative estimate of drug-likeness (QED) is 0.620. The fourth-order valence-corrected chi connectivity index (χ4v) is 6.14. The first-order valence-corrected chi connectivity index (χ1v) is 13.1. The summed E-state index contributed by atoms with van der Waals surface area (Å²) < 4.78 is 15.4. The van der Waals surface area contributed by atoms with Gasteiger partial charge in [0.2, 0.25) is 5.91 Å². The predicted octanol–water partition coefficient (Wildman–Crippen LogP) is 4.72. The van der Waals surface area contributed by atoms with E-state index in [9.17, 15) is 9.18 Å². The van der Waals surface area contributed by atoms with Crippen LogP contribution < -0.4 is 10.2 Å². The highest BCUT2D eigenvalue weighted by Gasteiger charge is 2.41. The van der Waals surface area contributed by atoms with Crippen LogP contribution in [0.3, 0.4) is 0 Å². The molecule has 182 valence electrons. The van der Waals surface area contributed by atoms with E-state index in [0.29, 0.717) is 38.3 Å². The molecule has 1 amide bonds. The lowest BCUT2D eigenvalue weighted by molar-refractivity contribution is -0.133. The zero-order valence-electron chi connectivity index (χ0n) is 20.1. The third-order valence-corrected chi connectivity index (χ3v) is 8.22. The van der Waals surface area contributed by atoms with Crippen LogP contribution in [0.15, 0.2) is 35.1 Å². The molecular formula is C26H33BrFN5O. The first-order chi connectivity index (χ1) is 16.2. The van der Waals surface area contributed by atoms with Crippen LogP contribution in [0.5, 0.6) is 0 Å². The molecule has 3 heterocycles. The molecule has 0 saturated carbocycles. The van der Waals surface area contributed by atoms with Crippen LogP contribution in [0.4, 0.5) is 10.2 Å². The van der Waals surface area contributed by atoms with Crippen LogP contribution in [-0.2, 0) is 4.79 Å². The number of alkyl halides is 1. The molecule has 0 radical (unpaired) electrons. The maximum absolute atomic E-state index is 14.4. The van der Waals surface area contributed by atoms with Gasteiger partial charge in [-0.2, -0.15) is 0 Å². The van der Waals surface area contributed by atoms with E-state index in [2.05, 4.69) is 62.1 Å². The fraction of sp³-hybridized carbons (Fsp3) is 0.577. The second kappa shape index (κ2) is 9.19. The van der Waals surface area contributed by atoms with Crippen molar-refractivity contribution < 1.29 is 9.18 Å². The molecule has 2 aromatic rings. The van der Waals surface area contributed by atoms with Crippen molar-refractivity contribution in [2.75, 3.05) is 31.1 Å². The van der Waals surface area contributed by atoms with Crippen LogP contribution in [0.2, 0.25) is 0 Å². The zero-order chi connectivity index (χ0) is 24.0. The Morgan fingerprint density at radius 3 is 2.53 bits per heavy atom. The number of halogens is 2. The van der Waals surface area contributed by atoms with E-state index in [-0.39, 0.29) is 29.3 Å². The average Bonchev–Trinajstić information content (AvgIpc) is 3.33. The van der Waals surface area contributed by atoms with E-state index in [1.54, 1.807) is 0 Å². The second-order valence-electron chi connectivity index (χ2n) is 10.6. The summed E-state index contributed by atoms with van der Waals surface area (Å²) >= 11 is 3.52. The van der Waals surface area contributed by atoms with Crippen molar-refractivity contribution in [1.29, 1.82) is 0 Å². The lowest BCUT2D eigenvalue weighted by atomic mass is 9.89. The Labute approximate surface area is 209 Å². The standard InChI is InChI=1S/C26H33BrFN5O/c1-16-14-19(28)23-21(16)24(30-15-29-23)32-10-12-33(13-11-32)25(34)22(17-4-6-18(27)7-5-17)20-8-9-26(2,3)31-20/h4-7,15-16,19-20,22,31H,8-14H2,1-3H3/t16-,19+,20+,22+/m1/s1. The number of carbonyl (C=O) groups is 1. The number of rotatable bonds is 4. The number of nitrogens with zero attached hydrogens (tertiary/aromatic N) is 4. The summed E-state index contributed by atoms with van der Waals surface area (Å²) in [4.78, 5) is 26.8. The Hall–Kier alpha value is -2.06. The van der Waals surface area contributed by atoms with Crippen molar-refractivity contribution in [3.05, 3.63) is 51.9 Å². The maximum Gasteiger partial charge on any atom is 0.231 e. The lowest BCUT2D eigenvalue weighted by Gasteiger charge is -2.39. The molecule has 5 rings (SSSR count). The number of carbonyl (C=O) groups excluding carboxylic acids is 1. The Morgan fingerprint density at radius 2 is 1.88 bits per heavy atom. The van der Waals surface area contributed by atoms with E-state index in [0.717, 1.165) is 34.3 Å². The normalized spacial score (nSPS) is 27.0. The molecule has 1 N–H and O–H groups in total. The topological polar surface area (TPSA) is 61.4 Å². The molecule has 1 aliphatic carbocycles. The number of piperazine rings is 1. The zero-order valence-corrected chi connectivity index (χ0v) is 21.7. The SMILES string of the molecule is C[C@@H]1C[C@H](F)c2ncnc(N3CCN(C(=O)[C@@H](c4ccc(Br)cc4)[C@@H]4CCC(C)(C)N4)CC3)c21. The van der Waals surface area contributed by atoms with Gasteiger partial charge >= 0.3 is 0 Å². The number of amides is 1. The van der Waals surface area contributed by atoms with E-state index in [1.165, 1.54) is 6.33 Å². The van der Waals surface area contributed by atoms with Gasteiger partial charge in [-0.05, 0) is 56.7 Å². The third-order valence-electron chi connectivity index (χ3n) is 7.69. The Kier molecular flexibility index (Phi) is 6.40. The number of anilines is 1. The molecule has 34 heavy (non-hydrogen) atoms. The van der Waals surface area contributed by atoms with Gasteiger partial charge in [-0.25, -0.2) is 14.4 Å². The minimum Gasteiger partial charge on any atom is -0.353 e. The van der Waals surface area contributed by atoms with Crippen molar-refractivity contribution in [2.45, 2.75) is 69.6 Å². The molecule has 0 spiro atoms. The largest absolute Gasteiger partial charge is 0.353 e. The summed E-state index contributed by atoms with van der Waals surface area (Å²) in [5.41, 5.74) is 2.58. The molecular weight excluding hydrogens is 497 g/mol. The minimum absolute atomic E-state index is 0.0373. The van der Waals surface area contributed by atoms with Gasteiger partial charge < -0.3 is 15.1 Å². The van der Waals surface area contributed by atoms with Gasteiger partial charge in [-0.15, -0.1) is 0 Å². The molecule has 8 heteroatoms. The fourth-order valence-electron chi connectivity index (χ4n) is 5.88. The van der Waals surface area contributed by atoms with Crippen molar-refractivity contribution in [1.82, 2.24) is 20.2 Å². The van der Waals surface area contributed by atoms with Gasteiger partial charge in [0.1, 0.15) is 18.3 Å². The van der Waals surface area contributed by atoms with Crippen molar-refractivity contribution in [3.63, 3.8) is 0 Å². The molecule has 2 saturated heterocycles. The summed E-state index contributed by atoms with van der Waals surface area (Å²) in [6.45, 7) is 9.10. The number of benzene rings is 1. The van der Waals surface area contributed by atoms with Crippen molar-refractivity contribution in [3.8, 4) is 0 Å². The lowest BCUT2D eigenvalue weighted by Crippen LogP contribution is -2.53. The highest BCUT2D eigenvalue weighted by atomic mass is 79.9. The van der Waals surface area contributed by atoms with E-state index in [1.807, 2.05) is 24.0 Å². The predicted molar refractivity (Wildman–Crippen MR) is 135 cm³/mol. The summed E-state index contributed by atoms with van der Waals surface area (Å²) in [5.74, 6) is 0.923. The Morgan fingerprint density at radius 1 is 1.18 bits per heavy atom. The number of aromatic nitrogens is 2. The molecule has 2 aliphatic heterocycles. The van der Waals surface area contributed by atoms with Gasteiger partial charge in [0.25, 0.3) is 0 Å². The van der Waals surface area contributed by atoms with Crippen LogP contribution in [0, 0.1) is 0 Å². The first-order valence-electron chi connectivity index (χ1n) is 12.3. The van der Waals surface area contributed by atoms with Gasteiger partial charge in [-0.1, -0.05) is 35.0 Å². The first kappa shape index (κ1) is 23.7. The van der Waals surface area contributed by atoms with E-state index < -0.39 is 6.17 Å². The van der Waals surface area contributed by atoms with Gasteiger partial charge in [0, 0.05) is 47.8 Å². The van der Waals surface area contributed by atoms with Crippen LogP contribution in [0.1, 0.15) is 74.9 Å². The van der Waals surface area contributed by atoms with Crippen LogP contribution >= 0.6 is 15.9 Å². The number of nitrogens with one attached hydrogen (secondary N) is 1. The molecule has 0 unspecified atom stereocenters.